The lowest BCUT2D eigenvalue weighted by Gasteiger charge is -2.19. The van der Waals surface area contributed by atoms with Crippen LogP contribution >= 0.6 is 27.3 Å². The fourth-order valence-corrected chi connectivity index (χ4v) is 2.24. The van der Waals surface area contributed by atoms with Gasteiger partial charge in [0.2, 0.25) is 5.91 Å². The van der Waals surface area contributed by atoms with E-state index in [-0.39, 0.29) is 5.91 Å². The van der Waals surface area contributed by atoms with Gasteiger partial charge < -0.3 is 5.32 Å². The van der Waals surface area contributed by atoms with Crippen molar-refractivity contribution in [3.05, 3.63) is 26.9 Å². The van der Waals surface area contributed by atoms with E-state index in [1.54, 1.807) is 24.3 Å². The zero-order valence-electron chi connectivity index (χ0n) is 9.66. The molecular weight excluding hydrogens is 300 g/mol. The van der Waals surface area contributed by atoms with E-state index < -0.39 is 5.54 Å². The maximum atomic E-state index is 11.6. The number of rotatable bonds is 4. The van der Waals surface area contributed by atoms with Crippen LogP contribution in [0.1, 0.15) is 25.8 Å². The Morgan fingerprint density at radius 1 is 1.76 bits per heavy atom. The summed E-state index contributed by atoms with van der Waals surface area (Å²) >= 11 is 4.91. The molecule has 0 aliphatic heterocycles. The highest BCUT2D eigenvalue weighted by Gasteiger charge is 2.22. The van der Waals surface area contributed by atoms with Crippen molar-refractivity contribution in [1.82, 2.24) is 5.32 Å². The Labute approximate surface area is 113 Å². The van der Waals surface area contributed by atoms with E-state index in [0.717, 1.165) is 9.35 Å². The third-order valence-electron chi connectivity index (χ3n) is 2.37. The second-order valence-electron chi connectivity index (χ2n) is 3.80. The van der Waals surface area contributed by atoms with Gasteiger partial charge in [-0.2, -0.15) is 5.26 Å². The largest absolute Gasteiger partial charge is 0.334 e. The van der Waals surface area contributed by atoms with E-state index in [2.05, 4.69) is 27.3 Å². The molecule has 5 heteroatoms. The average Bonchev–Trinajstić information content (AvgIpc) is 2.72. The first kappa shape index (κ1) is 13.9. The molecule has 1 rings (SSSR count). The molecular formula is C12H13BrN2OS. The van der Waals surface area contributed by atoms with Crippen LogP contribution in [0.15, 0.2) is 21.3 Å². The number of amides is 1. The highest BCUT2D eigenvalue weighted by molar-refractivity contribution is 9.11. The number of carbonyl (C=O) groups excluding carboxylic acids is 1. The maximum absolute atomic E-state index is 11.6. The number of nitrogens with zero attached hydrogens (tertiary/aromatic N) is 1. The van der Waals surface area contributed by atoms with E-state index in [1.165, 1.54) is 6.08 Å². The van der Waals surface area contributed by atoms with Gasteiger partial charge in [-0.3, -0.25) is 4.79 Å². The van der Waals surface area contributed by atoms with Gasteiger partial charge in [0.15, 0.2) is 0 Å². The van der Waals surface area contributed by atoms with E-state index in [0.29, 0.717) is 6.42 Å². The topological polar surface area (TPSA) is 52.9 Å². The van der Waals surface area contributed by atoms with Crippen LogP contribution in [0.5, 0.6) is 0 Å². The fourth-order valence-electron chi connectivity index (χ4n) is 1.09. The number of hydrogen-bond donors (Lipinski definition) is 1. The summed E-state index contributed by atoms with van der Waals surface area (Å²) in [5, 5.41) is 13.5. The van der Waals surface area contributed by atoms with Crippen molar-refractivity contribution < 1.29 is 4.79 Å². The van der Waals surface area contributed by atoms with Gasteiger partial charge in [0.05, 0.1) is 9.86 Å². The lowest BCUT2D eigenvalue weighted by atomic mass is 10.0. The van der Waals surface area contributed by atoms with E-state index in [4.69, 9.17) is 5.26 Å². The number of hydrogen-bond acceptors (Lipinski definition) is 3. The van der Waals surface area contributed by atoms with Crippen LogP contribution in [-0.2, 0) is 4.79 Å². The molecule has 90 valence electrons. The minimum absolute atomic E-state index is 0.252. The highest BCUT2D eigenvalue weighted by atomic mass is 79.9. The summed E-state index contributed by atoms with van der Waals surface area (Å²) in [6.07, 6.45) is 3.75. The third-order valence-corrected chi connectivity index (χ3v) is 3.89. The summed E-state index contributed by atoms with van der Waals surface area (Å²) in [5.74, 6) is -0.252. The van der Waals surface area contributed by atoms with Crippen molar-refractivity contribution in [3.8, 4) is 6.07 Å². The molecule has 0 unspecified atom stereocenters. The molecule has 1 N–H and O–H groups in total. The Kier molecular flexibility index (Phi) is 4.91. The predicted octanol–water partition coefficient (Wildman–Crippen LogP) is 3.33. The fraction of sp³-hybridized carbons (Fsp3) is 0.333. The summed E-state index contributed by atoms with van der Waals surface area (Å²) in [6.45, 7) is 3.57. The average molecular weight is 313 g/mol. The van der Waals surface area contributed by atoms with Gasteiger partial charge in [0.25, 0.3) is 0 Å². The number of carbonyl (C=O) groups is 1. The van der Waals surface area contributed by atoms with Crippen molar-refractivity contribution in [2.75, 3.05) is 0 Å². The standard InChI is InChI=1S/C12H13BrN2OS/c1-3-12(2,8-14)15-11(16)5-4-9-6-10(13)17-7-9/h4-7H,3H2,1-2H3,(H,15,16)/b5-4-/t12-/m0/s1. The zero-order valence-corrected chi connectivity index (χ0v) is 12.1. The SMILES string of the molecule is CC[C@@](C)(C#N)NC(=O)/C=C\c1csc(Br)c1. The molecule has 0 aliphatic carbocycles. The van der Waals surface area contributed by atoms with Crippen molar-refractivity contribution in [1.29, 1.82) is 5.26 Å². The van der Waals surface area contributed by atoms with Gasteiger partial charge in [-0.1, -0.05) is 6.92 Å². The minimum atomic E-state index is -0.795. The molecule has 0 radical (unpaired) electrons. The quantitative estimate of drug-likeness (QED) is 0.867. The second-order valence-corrected chi connectivity index (χ2v) is 6.09. The minimum Gasteiger partial charge on any atom is -0.334 e. The predicted molar refractivity (Wildman–Crippen MR) is 73.5 cm³/mol. The van der Waals surface area contributed by atoms with E-state index in [1.807, 2.05) is 18.4 Å². The smallest absolute Gasteiger partial charge is 0.245 e. The van der Waals surface area contributed by atoms with Crippen LogP contribution < -0.4 is 5.32 Å². The van der Waals surface area contributed by atoms with Crippen molar-refractivity contribution in [3.63, 3.8) is 0 Å². The molecule has 1 aromatic heterocycles. The van der Waals surface area contributed by atoms with E-state index in [9.17, 15) is 4.79 Å². The van der Waals surface area contributed by atoms with Crippen LogP contribution in [0.4, 0.5) is 0 Å². The zero-order chi connectivity index (χ0) is 12.9. The third kappa shape index (κ3) is 4.33. The Bertz CT molecular complexity index is 475. The van der Waals surface area contributed by atoms with E-state index >= 15 is 0 Å². The molecule has 1 atom stereocenters. The van der Waals surface area contributed by atoms with Crippen LogP contribution in [-0.4, -0.2) is 11.4 Å². The number of thiophene rings is 1. The molecule has 1 heterocycles. The monoisotopic (exact) mass is 312 g/mol. The first-order valence-electron chi connectivity index (χ1n) is 5.14. The molecule has 3 nitrogen and oxygen atoms in total. The van der Waals surface area contributed by atoms with Gasteiger partial charge in [0.1, 0.15) is 5.54 Å². The van der Waals surface area contributed by atoms with Crippen LogP contribution in [0.2, 0.25) is 0 Å². The summed E-state index contributed by atoms with van der Waals surface area (Å²) in [7, 11) is 0. The number of nitrogens with one attached hydrogen (secondary N) is 1. The van der Waals surface area contributed by atoms with Crippen LogP contribution in [0.3, 0.4) is 0 Å². The summed E-state index contributed by atoms with van der Waals surface area (Å²) < 4.78 is 1.02. The second kappa shape index (κ2) is 5.99. The number of halogens is 1. The van der Waals surface area contributed by atoms with Crippen LogP contribution in [0.25, 0.3) is 6.08 Å². The highest BCUT2D eigenvalue weighted by Crippen LogP contribution is 2.21. The van der Waals surface area contributed by atoms with Gasteiger partial charge in [-0.15, -0.1) is 11.3 Å². The van der Waals surface area contributed by atoms with Crippen molar-refractivity contribution in [2.45, 2.75) is 25.8 Å². The molecule has 0 spiro atoms. The molecule has 0 aliphatic rings. The Balaban J connectivity index is 2.62. The first-order valence-corrected chi connectivity index (χ1v) is 6.82. The molecule has 0 fully saturated rings. The van der Waals surface area contributed by atoms with Crippen molar-refractivity contribution >= 4 is 39.2 Å². The molecule has 0 bridgehead atoms. The van der Waals surface area contributed by atoms with Crippen LogP contribution in [0, 0.1) is 11.3 Å². The Morgan fingerprint density at radius 2 is 2.47 bits per heavy atom. The Hall–Kier alpha value is -1.12. The molecule has 0 aromatic carbocycles. The Morgan fingerprint density at radius 3 is 2.94 bits per heavy atom. The summed E-state index contributed by atoms with van der Waals surface area (Å²) in [4.78, 5) is 11.6. The molecule has 1 amide bonds. The molecule has 17 heavy (non-hydrogen) atoms. The normalized spacial score (nSPS) is 14.2. The van der Waals surface area contributed by atoms with Gasteiger partial charge in [-0.25, -0.2) is 0 Å². The van der Waals surface area contributed by atoms with Gasteiger partial charge in [0, 0.05) is 6.08 Å². The summed E-state index contributed by atoms with van der Waals surface area (Å²) in [6, 6.07) is 4.02. The van der Waals surface area contributed by atoms with Crippen molar-refractivity contribution in [2.24, 2.45) is 0 Å². The lowest BCUT2D eigenvalue weighted by Crippen LogP contribution is -2.43. The van der Waals surface area contributed by atoms with Gasteiger partial charge >= 0.3 is 0 Å². The molecule has 1 aromatic rings. The lowest BCUT2D eigenvalue weighted by molar-refractivity contribution is -0.117. The molecule has 0 saturated heterocycles. The maximum Gasteiger partial charge on any atom is 0.245 e. The van der Waals surface area contributed by atoms with Gasteiger partial charge in [-0.05, 0) is 52.4 Å². The first-order chi connectivity index (χ1) is 7.99. The molecule has 0 saturated carbocycles. The summed E-state index contributed by atoms with van der Waals surface area (Å²) in [5.41, 5.74) is 0.170. The number of nitriles is 1.